The summed E-state index contributed by atoms with van der Waals surface area (Å²) in [6, 6.07) is 18.5. The van der Waals surface area contributed by atoms with E-state index >= 15 is 0 Å². The van der Waals surface area contributed by atoms with E-state index in [0.29, 0.717) is 23.6 Å². The third-order valence-corrected chi connectivity index (χ3v) is 6.18. The van der Waals surface area contributed by atoms with E-state index in [-0.39, 0.29) is 10.8 Å². The zero-order chi connectivity index (χ0) is 20.3. The maximum atomic E-state index is 13.0. The van der Waals surface area contributed by atoms with Crippen LogP contribution < -0.4 is 4.31 Å². The molecule has 0 radical (unpaired) electrons. The number of carbonyl (C=O) groups excluding carboxylic acids is 1. The first-order chi connectivity index (χ1) is 13.3. The molecular formula is C21H22N2O4S. The number of hydrogen-bond donors (Lipinski definition) is 0. The molecule has 146 valence electrons. The standard InChI is InChI=1S/C21H22N2O4S/c1-16-12-13-19(27-16)15-22(2)21(24)17-8-7-11-20(14-17)28(25,26)23(3)18-9-5-4-6-10-18/h4-14H,15H2,1-3H3. The first kappa shape index (κ1) is 19.7. The maximum absolute atomic E-state index is 13.0. The fourth-order valence-electron chi connectivity index (χ4n) is 2.82. The fourth-order valence-corrected chi connectivity index (χ4v) is 4.06. The zero-order valence-corrected chi connectivity index (χ0v) is 16.8. The number of rotatable bonds is 6. The van der Waals surface area contributed by atoms with Gasteiger partial charge in [-0.15, -0.1) is 0 Å². The van der Waals surface area contributed by atoms with Crippen molar-refractivity contribution in [2.45, 2.75) is 18.4 Å². The molecule has 0 fully saturated rings. The molecule has 0 aliphatic heterocycles. The number of sulfonamides is 1. The molecule has 0 aliphatic rings. The van der Waals surface area contributed by atoms with Gasteiger partial charge in [-0.2, -0.15) is 0 Å². The van der Waals surface area contributed by atoms with Gasteiger partial charge in [0.2, 0.25) is 0 Å². The van der Waals surface area contributed by atoms with Gasteiger partial charge in [-0.1, -0.05) is 24.3 Å². The van der Waals surface area contributed by atoms with Crippen molar-refractivity contribution in [3.8, 4) is 0 Å². The summed E-state index contributed by atoms with van der Waals surface area (Å²) in [5.41, 5.74) is 0.845. The molecule has 3 rings (SSSR count). The molecule has 1 aromatic heterocycles. The number of benzene rings is 2. The number of furan rings is 1. The second-order valence-corrected chi connectivity index (χ2v) is 8.48. The van der Waals surface area contributed by atoms with E-state index in [4.69, 9.17) is 4.42 Å². The number of para-hydroxylation sites is 1. The molecule has 0 bridgehead atoms. The summed E-state index contributed by atoms with van der Waals surface area (Å²) in [7, 11) is -0.644. The minimum atomic E-state index is -3.79. The third-order valence-electron chi connectivity index (χ3n) is 4.39. The number of nitrogens with zero attached hydrogens (tertiary/aromatic N) is 2. The van der Waals surface area contributed by atoms with Gasteiger partial charge in [0.25, 0.3) is 15.9 Å². The lowest BCUT2D eigenvalue weighted by Crippen LogP contribution is -2.28. The second-order valence-electron chi connectivity index (χ2n) is 6.51. The highest BCUT2D eigenvalue weighted by Gasteiger charge is 2.23. The van der Waals surface area contributed by atoms with Crippen LogP contribution in [0.25, 0.3) is 0 Å². The molecular weight excluding hydrogens is 376 g/mol. The Bertz CT molecular complexity index is 1070. The lowest BCUT2D eigenvalue weighted by molar-refractivity contribution is 0.0774. The highest BCUT2D eigenvalue weighted by Crippen LogP contribution is 2.23. The molecule has 1 heterocycles. The molecule has 7 heteroatoms. The molecule has 0 unspecified atom stereocenters. The monoisotopic (exact) mass is 398 g/mol. The van der Waals surface area contributed by atoms with Crippen molar-refractivity contribution in [2.24, 2.45) is 0 Å². The van der Waals surface area contributed by atoms with E-state index < -0.39 is 10.0 Å². The van der Waals surface area contributed by atoms with Crippen LogP contribution >= 0.6 is 0 Å². The minimum Gasteiger partial charge on any atom is -0.464 e. The van der Waals surface area contributed by atoms with Crippen molar-refractivity contribution >= 4 is 21.6 Å². The summed E-state index contributed by atoms with van der Waals surface area (Å²) in [4.78, 5) is 14.3. The molecule has 0 spiro atoms. The van der Waals surface area contributed by atoms with Crippen LogP contribution in [0.5, 0.6) is 0 Å². The van der Waals surface area contributed by atoms with Crippen molar-refractivity contribution in [1.82, 2.24) is 4.90 Å². The summed E-state index contributed by atoms with van der Waals surface area (Å²) in [6.45, 7) is 2.14. The Morgan fingerprint density at radius 1 is 0.964 bits per heavy atom. The van der Waals surface area contributed by atoms with E-state index in [1.807, 2.05) is 25.1 Å². The lowest BCUT2D eigenvalue weighted by atomic mass is 10.2. The summed E-state index contributed by atoms with van der Waals surface area (Å²) in [5.74, 6) is 1.15. The minimum absolute atomic E-state index is 0.0620. The van der Waals surface area contributed by atoms with E-state index in [2.05, 4.69) is 0 Å². The smallest absolute Gasteiger partial charge is 0.264 e. The number of carbonyl (C=O) groups is 1. The average Bonchev–Trinajstić information content (AvgIpc) is 3.12. The van der Waals surface area contributed by atoms with Crippen LogP contribution in [-0.2, 0) is 16.6 Å². The van der Waals surface area contributed by atoms with Gasteiger partial charge in [0.1, 0.15) is 11.5 Å². The predicted molar refractivity (Wildman–Crippen MR) is 108 cm³/mol. The fraction of sp³-hybridized carbons (Fsp3) is 0.190. The Labute approximate surface area is 165 Å². The Balaban J connectivity index is 1.84. The summed E-state index contributed by atoms with van der Waals surface area (Å²) < 4.78 is 32.6. The second kappa shape index (κ2) is 7.90. The summed E-state index contributed by atoms with van der Waals surface area (Å²) in [6.07, 6.45) is 0. The number of anilines is 1. The van der Waals surface area contributed by atoms with Gasteiger partial charge < -0.3 is 9.32 Å². The van der Waals surface area contributed by atoms with Crippen LogP contribution in [0.4, 0.5) is 5.69 Å². The first-order valence-electron chi connectivity index (χ1n) is 8.74. The van der Waals surface area contributed by atoms with Crippen LogP contribution in [-0.4, -0.2) is 33.3 Å². The van der Waals surface area contributed by atoms with Crippen molar-refractivity contribution < 1.29 is 17.6 Å². The number of aryl methyl sites for hydroxylation is 1. The number of amides is 1. The highest BCUT2D eigenvalue weighted by atomic mass is 32.2. The first-order valence-corrected chi connectivity index (χ1v) is 10.2. The van der Waals surface area contributed by atoms with E-state index in [1.54, 1.807) is 43.4 Å². The van der Waals surface area contributed by atoms with Crippen molar-refractivity contribution in [2.75, 3.05) is 18.4 Å². The van der Waals surface area contributed by atoms with Gasteiger partial charge in [-0.3, -0.25) is 9.10 Å². The third kappa shape index (κ3) is 4.09. The molecule has 0 aliphatic carbocycles. The molecule has 3 aromatic rings. The van der Waals surface area contributed by atoms with Gasteiger partial charge in [-0.05, 0) is 49.4 Å². The molecule has 28 heavy (non-hydrogen) atoms. The van der Waals surface area contributed by atoms with Crippen LogP contribution in [0.2, 0.25) is 0 Å². The SMILES string of the molecule is Cc1ccc(CN(C)C(=O)c2cccc(S(=O)(=O)N(C)c3ccccc3)c2)o1. The predicted octanol–water partition coefficient (Wildman–Crippen LogP) is 3.69. The average molecular weight is 398 g/mol. The Hall–Kier alpha value is -3.06. The van der Waals surface area contributed by atoms with Crippen molar-refractivity contribution in [3.05, 3.63) is 83.8 Å². The molecule has 0 saturated carbocycles. The van der Waals surface area contributed by atoms with Crippen molar-refractivity contribution in [1.29, 1.82) is 0 Å². The van der Waals surface area contributed by atoms with Gasteiger partial charge in [0, 0.05) is 19.7 Å². The Morgan fingerprint density at radius 3 is 2.32 bits per heavy atom. The van der Waals surface area contributed by atoms with Crippen LogP contribution in [0.1, 0.15) is 21.9 Å². The molecule has 6 nitrogen and oxygen atoms in total. The van der Waals surface area contributed by atoms with Crippen LogP contribution in [0, 0.1) is 6.92 Å². The van der Waals surface area contributed by atoms with Gasteiger partial charge in [-0.25, -0.2) is 8.42 Å². The van der Waals surface area contributed by atoms with Gasteiger partial charge in [0.05, 0.1) is 17.1 Å². The Kier molecular flexibility index (Phi) is 5.56. The Morgan fingerprint density at radius 2 is 1.68 bits per heavy atom. The molecule has 0 N–H and O–H groups in total. The van der Waals surface area contributed by atoms with Crippen LogP contribution in [0.15, 0.2) is 76.0 Å². The van der Waals surface area contributed by atoms with Gasteiger partial charge in [0.15, 0.2) is 0 Å². The molecule has 2 aromatic carbocycles. The van der Waals surface area contributed by atoms with Gasteiger partial charge >= 0.3 is 0 Å². The molecule has 1 amide bonds. The number of hydrogen-bond acceptors (Lipinski definition) is 4. The van der Waals surface area contributed by atoms with Crippen LogP contribution in [0.3, 0.4) is 0 Å². The maximum Gasteiger partial charge on any atom is 0.264 e. The van der Waals surface area contributed by atoms with E-state index in [0.717, 1.165) is 5.76 Å². The summed E-state index contributed by atoms with van der Waals surface area (Å²) in [5, 5.41) is 0. The normalized spacial score (nSPS) is 11.2. The topological polar surface area (TPSA) is 70.8 Å². The highest BCUT2D eigenvalue weighted by molar-refractivity contribution is 7.92. The molecule has 0 saturated heterocycles. The summed E-state index contributed by atoms with van der Waals surface area (Å²) >= 11 is 0. The van der Waals surface area contributed by atoms with E-state index in [9.17, 15) is 13.2 Å². The largest absolute Gasteiger partial charge is 0.464 e. The van der Waals surface area contributed by atoms with Crippen molar-refractivity contribution in [3.63, 3.8) is 0 Å². The quantitative estimate of drug-likeness (QED) is 0.635. The lowest BCUT2D eigenvalue weighted by Gasteiger charge is -2.20. The molecule has 0 atom stereocenters. The zero-order valence-electron chi connectivity index (χ0n) is 16.0. The van der Waals surface area contributed by atoms with E-state index in [1.165, 1.54) is 28.4 Å².